The average Bonchev–Trinajstić information content (AvgIpc) is 2.75. The first-order valence-corrected chi connectivity index (χ1v) is 10.2. The number of benzene rings is 1. The van der Waals surface area contributed by atoms with Crippen LogP contribution in [0.1, 0.15) is 38.1 Å². The first-order chi connectivity index (χ1) is 16.0. The summed E-state index contributed by atoms with van der Waals surface area (Å²) in [4.78, 5) is 57.9. The lowest BCUT2D eigenvalue weighted by Crippen LogP contribution is -2.63. The molecule has 0 aliphatic carbocycles. The molecule has 0 bridgehead atoms. The van der Waals surface area contributed by atoms with E-state index in [4.69, 9.17) is 33.2 Å². The smallest absolute Gasteiger partial charge is 0.303 e. The van der Waals surface area contributed by atoms with E-state index in [1.807, 2.05) is 0 Å². The highest BCUT2D eigenvalue weighted by Gasteiger charge is 2.53. The minimum absolute atomic E-state index is 0.106. The maximum atomic E-state index is 11.9. The van der Waals surface area contributed by atoms with E-state index in [0.29, 0.717) is 11.8 Å². The number of carbonyl (C=O) groups excluding carboxylic acids is 5. The summed E-state index contributed by atoms with van der Waals surface area (Å²) in [6, 6.07) is 4.29. The van der Waals surface area contributed by atoms with E-state index in [1.54, 1.807) is 0 Å². The Balaban J connectivity index is 2.51. The Hall–Kier alpha value is -3.67. The van der Waals surface area contributed by atoms with Crippen LogP contribution in [0.25, 0.3) is 0 Å². The molecule has 5 atom stereocenters. The fourth-order valence-corrected chi connectivity index (χ4v) is 3.26. The molecule has 12 nitrogen and oxygen atoms in total. The molecule has 0 saturated carbocycles. The van der Waals surface area contributed by atoms with Gasteiger partial charge in [-0.25, -0.2) is 0 Å². The van der Waals surface area contributed by atoms with Crippen LogP contribution in [0.5, 0.6) is 11.5 Å². The van der Waals surface area contributed by atoms with Gasteiger partial charge in [-0.15, -0.1) is 0 Å². The number of esters is 4. The predicted molar refractivity (Wildman–Crippen MR) is 111 cm³/mol. The molecule has 0 unspecified atom stereocenters. The number of rotatable bonds is 9. The molecular formula is C22H26O12. The molecule has 0 aromatic heterocycles. The van der Waals surface area contributed by atoms with E-state index in [-0.39, 0.29) is 18.1 Å². The van der Waals surface area contributed by atoms with Gasteiger partial charge >= 0.3 is 23.9 Å². The van der Waals surface area contributed by atoms with E-state index >= 15 is 0 Å². The lowest BCUT2D eigenvalue weighted by molar-refractivity contribution is -0.288. The summed E-state index contributed by atoms with van der Waals surface area (Å²) < 4.78 is 38.0. The van der Waals surface area contributed by atoms with Crippen molar-refractivity contribution >= 4 is 30.2 Å². The van der Waals surface area contributed by atoms with Crippen LogP contribution in [0.2, 0.25) is 0 Å². The monoisotopic (exact) mass is 482 g/mol. The molecule has 1 aliphatic rings. The van der Waals surface area contributed by atoms with Crippen LogP contribution in [-0.4, -0.2) is 74.6 Å². The van der Waals surface area contributed by atoms with Gasteiger partial charge in [-0.2, -0.15) is 0 Å². The molecule has 0 N–H and O–H groups in total. The van der Waals surface area contributed by atoms with E-state index in [9.17, 15) is 24.0 Å². The molecule has 1 fully saturated rings. The molecule has 1 aromatic rings. The van der Waals surface area contributed by atoms with E-state index in [0.717, 1.165) is 20.8 Å². The number of hydrogen-bond acceptors (Lipinski definition) is 12. The third-order valence-electron chi connectivity index (χ3n) is 4.52. The second kappa shape index (κ2) is 12.0. The van der Waals surface area contributed by atoms with E-state index in [1.165, 1.54) is 32.2 Å². The van der Waals surface area contributed by atoms with Gasteiger partial charge in [0.15, 0.2) is 23.7 Å². The van der Waals surface area contributed by atoms with Crippen LogP contribution in [0.3, 0.4) is 0 Å². The Morgan fingerprint density at radius 2 is 1.44 bits per heavy atom. The Bertz CT molecular complexity index is 926. The molecular weight excluding hydrogens is 456 g/mol. The Morgan fingerprint density at radius 1 is 0.853 bits per heavy atom. The Morgan fingerprint density at radius 3 is 1.97 bits per heavy atom. The molecule has 186 valence electrons. The van der Waals surface area contributed by atoms with Crippen molar-refractivity contribution in [1.82, 2.24) is 0 Å². The van der Waals surface area contributed by atoms with Crippen molar-refractivity contribution in [2.24, 2.45) is 0 Å². The van der Waals surface area contributed by atoms with Gasteiger partial charge in [-0.05, 0) is 18.2 Å². The molecule has 34 heavy (non-hydrogen) atoms. The lowest BCUT2D eigenvalue weighted by Gasteiger charge is -2.44. The lowest BCUT2D eigenvalue weighted by atomic mass is 9.98. The zero-order chi connectivity index (χ0) is 25.4. The normalized spacial score (nSPS) is 23.7. The van der Waals surface area contributed by atoms with Crippen molar-refractivity contribution < 1.29 is 57.1 Å². The van der Waals surface area contributed by atoms with Crippen molar-refractivity contribution in [3.05, 3.63) is 23.8 Å². The van der Waals surface area contributed by atoms with Gasteiger partial charge in [0.1, 0.15) is 19.0 Å². The second-order valence-corrected chi connectivity index (χ2v) is 7.21. The summed E-state index contributed by atoms with van der Waals surface area (Å²) in [5, 5.41) is 0. The molecule has 0 radical (unpaired) electrons. The van der Waals surface area contributed by atoms with Crippen molar-refractivity contribution in [1.29, 1.82) is 0 Å². The summed E-state index contributed by atoms with van der Waals surface area (Å²) in [6.07, 6.45) is -6.03. The first kappa shape index (κ1) is 26.6. The largest absolute Gasteiger partial charge is 0.493 e. The minimum Gasteiger partial charge on any atom is -0.493 e. The van der Waals surface area contributed by atoms with Crippen molar-refractivity contribution in [2.45, 2.75) is 58.4 Å². The molecule has 12 heteroatoms. The van der Waals surface area contributed by atoms with Gasteiger partial charge < -0.3 is 33.2 Å². The van der Waals surface area contributed by atoms with Gasteiger partial charge in [0.2, 0.25) is 12.4 Å². The van der Waals surface area contributed by atoms with E-state index < -0.39 is 54.6 Å². The van der Waals surface area contributed by atoms with Crippen LogP contribution in [-0.2, 0) is 42.9 Å². The van der Waals surface area contributed by atoms with Crippen molar-refractivity contribution in [2.75, 3.05) is 13.7 Å². The van der Waals surface area contributed by atoms with Crippen molar-refractivity contribution in [3.63, 3.8) is 0 Å². The van der Waals surface area contributed by atoms with Gasteiger partial charge in [-0.1, -0.05) is 0 Å². The standard InChI is InChI=1S/C22H26O12/c1-11(24)29-10-18-19(30-12(2)25)20(31-13(3)26)21(32-14(4)27)22(34-18)33-16-7-6-15(9-23)8-17(16)28-5/h6-9,18-22H,10H2,1-5H3/t18-,19-,20+,21-,22+/m0/s1. The summed E-state index contributed by atoms with van der Waals surface area (Å²) in [6.45, 7) is 4.13. The quantitative estimate of drug-likeness (QED) is 0.280. The molecule has 0 spiro atoms. The highest BCUT2D eigenvalue weighted by Crippen LogP contribution is 2.34. The third-order valence-corrected chi connectivity index (χ3v) is 4.52. The summed E-state index contributed by atoms with van der Waals surface area (Å²) in [5.41, 5.74) is 0.311. The van der Waals surface area contributed by atoms with Crippen LogP contribution in [0.4, 0.5) is 0 Å². The topological polar surface area (TPSA) is 150 Å². The minimum atomic E-state index is -1.42. The first-order valence-electron chi connectivity index (χ1n) is 10.2. The Labute approximate surface area is 195 Å². The van der Waals surface area contributed by atoms with Crippen LogP contribution < -0.4 is 9.47 Å². The fraction of sp³-hybridized carbons (Fsp3) is 0.500. The summed E-state index contributed by atoms with van der Waals surface area (Å²) in [7, 11) is 1.35. The van der Waals surface area contributed by atoms with E-state index in [2.05, 4.69) is 0 Å². The molecule has 0 amide bonds. The Kier molecular flexibility index (Phi) is 9.36. The number of methoxy groups -OCH3 is 1. The SMILES string of the molecule is COc1cc(C=O)ccc1O[C@@H]1O[C@@H](COC(C)=O)[C@H](OC(C)=O)[C@@H](OC(C)=O)[C@@H]1OC(C)=O. The zero-order valence-corrected chi connectivity index (χ0v) is 19.3. The van der Waals surface area contributed by atoms with Gasteiger partial charge in [0.25, 0.3) is 0 Å². The molecule has 1 saturated heterocycles. The van der Waals surface area contributed by atoms with Crippen LogP contribution in [0, 0.1) is 0 Å². The molecule has 1 heterocycles. The van der Waals surface area contributed by atoms with Crippen LogP contribution in [0.15, 0.2) is 18.2 Å². The third kappa shape index (κ3) is 7.17. The zero-order valence-electron chi connectivity index (χ0n) is 19.3. The number of aldehydes is 1. The number of carbonyl (C=O) groups is 5. The maximum Gasteiger partial charge on any atom is 0.303 e. The summed E-state index contributed by atoms with van der Waals surface area (Å²) in [5.74, 6) is -2.64. The highest BCUT2D eigenvalue weighted by molar-refractivity contribution is 5.76. The average molecular weight is 482 g/mol. The van der Waals surface area contributed by atoms with Crippen LogP contribution >= 0.6 is 0 Å². The molecule has 1 aliphatic heterocycles. The number of hydrogen-bond donors (Lipinski definition) is 0. The maximum absolute atomic E-state index is 11.9. The highest BCUT2D eigenvalue weighted by atomic mass is 16.7. The fourth-order valence-electron chi connectivity index (χ4n) is 3.26. The molecule has 2 rings (SSSR count). The van der Waals surface area contributed by atoms with Gasteiger partial charge in [-0.3, -0.25) is 24.0 Å². The predicted octanol–water partition coefficient (Wildman–Crippen LogP) is 0.970. The van der Waals surface area contributed by atoms with Crippen molar-refractivity contribution in [3.8, 4) is 11.5 Å². The van der Waals surface area contributed by atoms with Gasteiger partial charge in [0, 0.05) is 33.3 Å². The second-order valence-electron chi connectivity index (χ2n) is 7.21. The molecule has 1 aromatic carbocycles. The van der Waals surface area contributed by atoms with Gasteiger partial charge in [0.05, 0.1) is 7.11 Å². The summed E-state index contributed by atoms with van der Waals surface area (Å²) >= 11 is 0. The number of ether oxygens (including phenoxy) is 7.